The molecule has 1 heterocycles. The van der Waals surface area contributed by atoms with Crippen LogP contribution in [0.1, 0.15) is 82.6 Å². The normalized spacial score (nSPS) is 17.4. The molecule has 0 atom stereocenters. The predicted octanol–water partition coefficient (Wildman–Crippen LogP) is 6.60. The highest BCUT2D eigenvalue weighted by atomic mass is 15.2. The first-order valence-electron chi connectivity index (χ1n) is 11.9. The first-order chi connectivity index (χ1) is 14.6. The van der Waals surface area contributed by atoms with Gasteiger partial charge in [0.2, 0.25) is 0 Å². The van der Waals surface area contributed by atoms with Crippen LogP contribution in [0.5, 0.6) is 0 Å². The third kappa shape index (κ3) is 6.20. The fraction of sp³-hybridized carbons (Fsp3) is 0.536. The average molecular weight is 422 g/mol. The molecule has 1 aromatic carbocycles. The number of nitrogens with zero attached hydrogens (tertiary/aromatic N) is 2. The number of aryl methyl sites for hydroxylation is 1. The molecule has 1 aliphatic heterocycles. The van der Waals surface area contributed by atoms with Crippen LogP contribution < -0.4 is 5.73 Å². The average Bonchev–Trinajstić information content (AvgIpc) is 2.75. The molecule has 0 bridgehead atoms. The predicted molar refractivity (Wildman–Crippen MR) is 138 cm³/mol. The molecule has 1 fully saturated rings. The first kappa shape index (κ1) is 25.1. The minimum atomic E-state index is -0.0739. The van der Waals surface area contributed by atoms with Gasteiger partial charge in [-0.3, -0.25) is 0 Å². The van der Waals surface area contributed by atoms with E-state index in [-0.39, 0.29) is 5.54 Å². The maximum atomic E-state index is 6.30. The molecule has 0 radical (unpaired) electrons. The molecule has 0 amide bonds. The van der Waals surface area contributed by atoms with E-state index in [4.69, 9.17) is 10.7 Å². The molecular formula is C28H43N3. The summed E-state index contributed by atoms with van der Waals surface area (Å²) in [5, 5.41) is 0. The minimum Gasteiger partial charge on any atom is -0.356 e. The molecule has 1 aliphatic rings. The smallest absolute Gasteiger partial charge is 0.128 e. The highest BCUT2D eigenvalue weighted by Crippen LogP contribution is 2.31. The third-order valence-corrected chi connectivity index (χ3v) is 6.87. The molecule has 3 heteroatoms. The van der Waals surface area contributed by atoms with Crippen LogP contribution in [0, 0.1) is 6.92 Å². The quantitative estimate of drug-likeness (QED) is 0.292. The van der Waals surface area contributed by atoms with Crippen LogP contribution in [0.2, 0.25) is 0 Å². The molecule has 0 unspecified atom stereocenters. The topological polar surface area (TPSA) is 41.6 Å². The van der Waals surface area contributed by atoms with Crippen molar-refractivity contribution in [3.63, 3.8) is 0 Å². The molecule has 0 saturated carbocycles. The number of nitrogens with two attached hydrogens (primary N) is 1. The van der Waals surface area contributed by atoms with Crippen LogP contribution >= 0.6 is 0 Å². The number of piperidine rings is 1. The lowest BCUT2D eigenvalue weighted by Gasteiger charge is -2.37. The van der Waals surface area contributed by atoms with E-state index in [1.807, 2.05) is 6.08 Å². The molecule has 0 aromatic heterocycles. The SMILES string of the molecule is C=CC(=N/C(C)=C(\C)C(=C)c1ccc(CC)c(CCCC)c1C)N1CCC(C)(N)CC1. The van der Waals surface area contributed by atoms with Crippen LogP contribution in [-0.4, -0.2) is 29.4 Å². The Morgan fingerprint density at radius 1 is 1.23 bits per heavy atom. The first-order valence-corrected chi connectivity index (χ1v) is 11.9. The summed E-state index contributed by atoms with van der Waals surface area (Å²) < 4.78 is 0. The van der Waals surface area contributed by atoms with Gasteiger partial charge in [0.15, 0.2) is 0 Å². The van der Waals surface area contributed by atoms with E-state index < -0.39 is 0 Å². The van der Waals surface area contributed by atoms with Gasteiger partial charge in [0, 0.05) is 24.3 Å². The Balaban J connectivity index is 2.33. The summed E-state index contributed by atoms with van der Waals surface area (Å²) in [7, 11) is 0. The Hall–Kier alpha value is -2.13. The van der Waals surface area contributed by atoms with E-state index in [1.54, 1.807) is 0 Å². The van der Waals surface area contributed by atoms with Crippen molar-refractivity contribution in [2.75, 3.05) is 13.1 Å². The number of hydrogen-bond donors (Lipinski definition) is 1. The van der Waals surface area contributed by atoms with Gasteiger partial charge in [-0.25, -0.2) is 4.99 Å². The maximum absolute atomic E-state index is 6.30. The molecule has 3 nitrogen and oxygen atoms in total. The summed E-state index contributed by atoms with van der Waals surface area (Å²) in [6.45, 7) is 23.4. The van der Waals surface area contributed by atoms with E-state index in [0.717, 1.165) is 61.5 Å². The number of hydrogen-bond acceptors (Lipinski definition) is 2. The number of unbranched alkanes of at least 4 members (excludes halogenated alkanes) is 1. The number of allylic oxidation sites excluding steroid dienone is 3. The molecule has 170 valence electrons. The molecule has 1 saturated heterocycles. The van der Waals surface area contributed by atoms with Gasteiger partial charge in [-0.1, -0.05) is 45.6 Å². The van der Waals surface area contributed by atoms with E-state index >= 15 is 0 Å². The largest absolute Gasteiger partial charge is 0.356 e. The summed E-state index contributed by atoms with van der Waals surface area (Å²) >= 11 is 0. The highest BCUT2D eigenvalue weighted by molar-refractivity contribution is 5.93. The van der Waals surface area contributed by atoms with Crippen molar-refractivity contribution in [1.82, 2.24) is 4.90 Å². The van der Waals surface area contributed by atoms with Crippen molar-refractivity contribution in [3.8, 4) is 0 Å². The molecular weight excluding hydrogens is 378 g/mol. The van der Waals surface area contributed by atoms with Gasteiger partial charge in [-0.15, -0.1) is 0 Å². The molecule has 0 spiro atoms. The van der Waals surface area contributed by atoms with Gasteiger partial charge in [0.05, 0.1) is 0 Å². The standard InChI is InChI=1S/C28H43N3/c1-9-12-13-26-22(6)25(15-14-24(26)10-2)21(5)20(4)23(7)30-27(11-3)31-18-16-28(8,29)17-19-31/h11,14-15H,3,5,9-10,12-13,16-19,29H2,1-2,4,6-8H3/b23-20+,30-27?. The van der Waals surface area contributed by atoms with Crippen LogP contribution in [0.3, 0.4) is 0 Å². The van der Waals surface area contributed by atoms with Crippen molar-refractivity contribution >= 4 is 11.4 Å². The van der Waals surface area contributed by atoms with Gasteiger partial charge < -0.3 is 10.6 Å². The Bertz CT molecular complexity index is 860. The Morgan fingerprint density at radius 2 is 1.87 bits per heavy atom. The maximum Gasteiger partial charge on any atom is 0.128 e. The summed E-state index contributed by atoms with van der Waals surface area (Å²) in [5.74, 6) is 0.932. The van der Waals surface area contributed by atoms with Crippen LogP contribution in [-0.2, 0) is 12.8 Å². The lowest BCUT2D eigenvalue weighted by Crippen LogP contribution is -2.49. The molecule has 0 aliphatic carbocycles. The number of aliphatic imine (C=N–C) groups is 1. The van der Waals surface area contributed by atoms with Crippen LogP contribution in [0.15, 0.2) is 47.6 Å². The third-order valence-electron chi connectivity index (χ3n) is 6.87. The second kappa shape index (κ2) is 10.9. The number of rotatable bonds is 8. The second-order valence-corrected chi connectivity index (χ2v) is 9.34. The summed E-state index contributed by atoms with van der Waals surface area (Å²) in [5.41, 5.74) is 15.0. The van der Waals surface area contributed by atoms with Gasteiger partial charge in [-0.2, -0.15) is 0 Å². The lowest BCUT2D eigenvalue weighted by molar-refractivity contribution is 0.245. The van der Waals surface area contributed by atoms with Gasteiger partial charge in [0.25, 0.3) is 0 Å². The minimum absolute atomic E-state index is 0.0739. The fourth-order valence-corrected chi connectivity index (χ4v) is 4.34. The molecule has 31 heavy (non-hydrogen) atoms. The monoisotopic (exact) mass is 421 g/mol. The fourth-order valence-electron chi connectivity index (χ4n) is 4.34. The zero-order valence-electron chi connectivity index (χ0n) is 20.8. The Kier molecular flexibility index (Phi) is 8.88. The van der Waals surface area contributed by atoms with Gasteiger partial charge >= 0.3 is 0 Å². The summed E-state index contributed by atoms with van der Waals surface area (Å²) in [6, 6.07) is 4.53. The number of amidine groups is 1. The lowest BCUT2D eigenvalue weighted by atomic mass is 9.87. The van der Waals surface area contributed by atoms with Crippen LogP contribution in [0.25, 0.3) is 5.57 Å². The molecule has 2 rings (SSSR count). The van der Waals surface area contributed by atoms with Crippen molar-refractivity contribution in [2.45, 2.75) is 85.6 Å². The Morgan fingerprint density at radius 3 is 2.42 bits per heavy atom. The van der Waals surface area contributed by atoms with Crippen molar-refractivity contribution in [2.24, 2.45) is 10.7 Å². The number of likely N-dealkylation sites (tertiary alicyclic amines) is 1. The van der Waals surface area contributed by atoms with Crippen LogP contribution in [0.4, 0.5) is 0 Å². The molecule has 1 aromatic rings. The Labute approximate surface area is 190 Å². The summed E-state index contributed by atoms with van der Waals surface area (Å²) in [4.78, 5) is 7.25. The zero-order valence-corrected chi connectivity index (χ0v) is 20.8. The van der Waals surface area contributed by atoms with Crippen molar-refractivity contribution in [3.05, 3.63) is 64.9 Å². The van der Waals surface area contributed by atoms with E-state index in [2.05, 4.69) is 71.7 Å². The van der Waals surface area contributed by atoms with Gasteiger partial charge in [0.1, 0.15) is 5.84 Å². The van der Waals surface area contributed by atoms with E-state index in [1.165, 1.54) is 35.1 Å². The van der Waals surface area contributed by atoms with Gasteiger partial charge in [-0.05, 0) is 99.3 Å². The second-order valence-electron chi connectivity index (χ2n) is 9.34. The zero-order chi connectivity index (χ0) is 23.2. The van der Waals surface area contributed by atoms with E-state index in [0.29, 0.717) is 0 Å². The highest BCUT2D eigenvalue weighted by Gasteiger charge is 2.26. The van der Waals surface area contributed by atoms with Crippen molar-refractivity contribution < 1.29 is 0 Å². The van der Waals surface area contributed by atoms with E-state index in [9.17, 15) is 0 Å². The molecule has 2 N–H and O–H groups in total. The number of benzene rings is 1. The van der Waals surface area contributed by atoms with Crippen molar-refractivity contribution in [1.29, 1.82) is 0 Å². The summed E-state index contributed by atoms with van der Waals surface area (Å²) in [6.07, 6.45) is 8.46.